The van der Waals surface area contributed by atoms with Crippen LogP contribution in [-0.2, 0) is 0 Å². The van der Waals surface area contributed by atoms with Crippen molar-refractivity contribution in [3.05, 3.63) is 29.8 Å². The topological polar surface area (TPSA) is 49.6 Å². The average molecular weight is 233 g/mol. The molecule has 1 saturated heterocycles. The van der Waals surface area contributed by atoms with Crippen LogP contribution in [0.5, 0.6) is 0 Å². The van der Waals surface area contributed by atoms with Crippen LogP contribution in [0.4, 0.5) is 5.69 Å². The normalized spacial score (nSPS) is 17.2. The summed E-state index contributed by atoms with van der Waals surface area (Å²) in [5.41, 5.74) is 7.22. The largest absolute Gasteiger partial charge is 0.368 e. The summed E-state index contributed by atoms with van der Waals surface area (Å²) in [6.45, 7) is 4.07. The summed E-state index contributed by atoms with van der Waals surface area (Å²) in [4.78, 5) is 16.3. The van der Waals surface area contributed by atoms with Gasteiger partial charge in [-0.25, -0.2) is 0 Å². The Balaban J connectivity index is 2.23. The second-order valence-corrected chi connectivity index (χ2v) is 4.43. The summed E-state index contributed by atoms with van der Waals surface area (Å²) in [5.74, 6) is 0.0135. The summed E-state index contributed by atoms with van der Waals surface area (Å²) in [6.07, 6.45) is 0. The Kier molecular flexibility index (Phi) is 3.76. The van der Waals surface area contributed by atoms with E-state index in [-0.39, 0.29) is 12.3 Å². The summed E-state index contributed by atoms with van der Waals surface area (Å²) < 4.78 is 0. The lowest BCUT2D eigenvalue weighted by molar-refractivity contribution is 0.100. The maximum absolute atomic E-state index is 11.8. The van der Waals surface area contributed by atoms with Crippen molar-refractivity contribution in [3.63, 3.8) is 0 Å². The van der Waals surface area contributed by atoms with Gasteiger partial charge in [-0.05, 0) is 19.2 Å². The maximum Gasteiger partial charge on any atom is 0.178 e. The van der Waals surface area contributed by atoms with Gasteiger partial charge in [-0.15, -0.1) is 0 Å². The SMILES string of the molecule is CN1CCN(c2ccccc2C(=O)CN)CC1. The second-order valence-electron chi connectivity index (χ2n) is 4.43. The van der Waals surface area contributed by atoms with E-state index in [0.717, 1.165) is 37.4 Å². The number of hydrogen-bond donors (Lipinski definition) is 1. The van der Waals surface area contributed by atoms with Gasteiger partial charge in [0.05, 0.1) is 6.54 Å². The van der Waals surface area contributed by atoms with Gasteiger partial charge in [-0.2, -0.15) is 0 Å². The van der Waals surface area contributed by atoms with Crippen LogP contribution in [-0.4, -0.2) is 50.5 Å². The van der Waals surface area contributed by atoms with E-state index >= 15 is 0 Å². The molecule has 1 aromatic rings. The first-order valence-electron chi connectivity index (χ1n) is 5.98. The molecule has 1 heterocycles. The van der Waals surface area contributed by atoms with Gasteiger partial charge in [0.1, 0.15) is 0 Å². The van der Waals surface area contributed by atoms with Crippen molar-refractivity contribution in [1.29, 1.82) is 0 Å². The lowest BCUT2D eigenvalue weighted by Crippen LogP contribution is -2.45. The van der Waals surface area contributed by atoms with Gasteiger partial charge in [0.15, 0.2) is 5.78 Å². The highest BCUT2D eigenvalue weighted by Gasteiger charge is 2.18. The van der Waals surface area contributed by atoms with E-state index in [9.17, 15) is 4.79 Å². The molecule has 0 saturated carbocycles. The maximum atomic E-state index is 11.8. The molecular weight excluding hydrogens is 214 g/mol. The number of rotatable bonds is 3. The van der Waals surface area contributed by atoms with Gasteiger partial charge < -0.3 is 15.5 Å². The van der Waals surface area contributed by atoms with Crippen molar-refractivity contribution < 1.29 is 4.79 Å². The number of benzene rings is 1. The third kappa shape index (κ3) is 2.65. The van der Waals surface area contributed by atoms with Crippen molar-refractivity contribution in [2.24, 2.45) is 5.73 Å². The summed E-state index contributed by atoms with van der Waals surface area (Å²) in [6, 6.07) is 7.74. The van der Waals surface area contributed by atoms with Gasteiger partial charge >= 0.3 is 0 Å². The number of carbonyl (C=O) groups excluding carboxylic acids is 1. The van der Waals surface area contributed by atoms with Gasteiger partial charge in [0, 0.05) is 37.4 Å². The molecule has 0 aromatic heterocycles. The Morgan fingerprint density at radius 3 is 2.53 bits per heavy atom. The molecule has 0 unspecified atom stereocenters. The Bertz CT molecular complexity index is 397. The van der Waals surface area contributed by atoms with Crippen LogP contribution in [0.3, 0.4) is 0 Å². The standard InChI is InChI=1S/C13H19N3O/c1-15-6-8-16(9-7-15)12-5-3-2-4-11(12)13(17)10-14/h2-5H,6-10,14H2,1H3. The number of anilines is 1. The van der Waals surface area contributed by atoms with Crippen molar-refractivity contribution in [3.8, 4) is 0 Å². The van der Waals surface area contributed by atoms with Crippen LogP contribution >= 0.6 is 0 Å². The number of ketones is 1. The number of para-hydroxylation sites is 1. The molecule has 4 nitrogen and oxygen atoms in total. The van der Waals surface area contributed by atoms with Crippen LogP contribution in [0.2, 0.25) is 0 Å². The molecule has 4 heteroatoms. The fourth-order valence-electron chi connectivity index (χ4n) is 2.14. The number of nitrogens with zero attached hydrogens (tertiary/aromatic N) is 2. The van der Waals surface area contributed by atoms with Crippen LogP contribution in [0.25, 0.3) is 0 Å². The quantitative estimate of drug-likeness (QED) is 0.776. The summed E-state index contributed by atoms with van der Waals surface area (Å²) in [5, 5.41) is 0. The molecule has 1 aromatic carbocycles. The van der Waals surface area contributed by atoms with Crippen LogP contribution in [0.15, 0.2) is 24.3 Å². The fourth-order valence-corrected chi connectivity index (χ4v) is 2.14. The minimum atomic E-state index is 0.0135. The van der Waals surface area contributed by atoms with E-state index in [1.54, 1.807) is 0 Å². The van der Waals surface area contributed by atoms with E-state index < -0.39 is 0 Å². The van der Waals surface area contributed by atoms with E-state index in [0.29, 0.717) is 0 Å². The predicted molar refractivity (Wildman–Crippen MR) is 69.5 cm³/mol. The molecule has 2 rings (SSSR count). The van der Waals surface area contributed by atoms with Gasteiger partial charge in [0.2, 0.25) is 0 Å². The van der Waals surface area contributed by atoms with Gasteiger partial charge in [0.25, 0.3) is 0 Å². The van der Waals surface area contributed by atoms with Crippen molar-refractivity contribution in [1.82, 2.24) is 4.90 Å². The molecule has 92 valence electrons. The first kappa shape index (κ1) is 12.1. The number of hydrogen-bond acceptors (Lipinski definition) is 4. The molecule has 17 heavy (non-hydrogen) atoms. The van der Waals surface area contributed by atoms with Gasteiger partial charge in [-0.3, -0.25) is 4.79 Å². The van der Waals surface area contributed by atoms with E-state index in [2.05, 4.69) is 16.8 Å². The van der Waals surface area contributed by atoms with E-state index in [4.69, 9.17) is 5.73 Å². The van der Waals surface area contributed by atoms with Crippen molar-refractivity contribution in [2.45, 2.75) is 0 Å². The number of piperazine rings is 1. The highest BCUT2D eigenvalue weighted by Crippen LogP contribution is 2.21. The second kappa shape index (κ2) is 5.29. The molecule has 1 fully saturated rings. The smallest absolute Gasteiger partial charge is 0.178 e. The number of likely N-dealkylation sites (N-methyl/N-ethyl adjacent to an activating group) is 1. The van der Waals surface area contributed by atoms with Crippen molar-refractivity contribution in [2.75, 3.05) is 44.7 Å². The average Bonchev–Trinajstić information content (AvgIpc) is 2.39. The molecule has 0 aliphatic carbocycles. The summed E-state index contributed by atoms with van der Waals surface area (Å²) in [7, 11) is 2.12. The Morgan fingerprint density at radius 1 is 1.24 bits per heavy atom. The fraction of sp³-hybridized carbons (Fsp3) is 0.462. The Labute approximate surface area is 102 Å². The molecule has 0 bridgehead atoms. The van der Waals surface area contributed by atoms with Gasteiger partial charge in [-0.1, -0.05) is 12.1 Å². The van der Waals surface area contributed by atoms with Crippen LogP contribution < -0.4 is 10.6 Å². The van der Waals surface area contributed by atoms with Crippen LogP contribution in [0, 0.1) is 0 Å². The number of nitrogens with two attached hydrogens (primary N) is 1. The minimum Gasteiger partial charge on any atom is -0.368 e. The minimum absolute atomic E-state index is 0.0135. The highest BCUT2D eigenvalue weighted by molar-refractivity contribution is 6.02. The highest BCUT2D eigenvalue weighted by atomic mass is 16.1. The number of Topliss-reactive ketones (excluding diaryl/α,β-unsaturated/α-hetero) is 1. The zero-order valence-corrected chi connectivity index (χ0v) is 10.2. The summed E-state index contributed by atoms with van der Waals surface area (Å²) >= 11 is 0. The molecular formula is C13H19N3O. The lowest BCUT2D eigenvalue weighted by Gasteiger charge is -2.34. The zero-order chi connectivity index (χ0) is 12.3. The van der Waals surface area contributed by atoms with E-state index in [1.807, 2.05) is 24.3 Å². The van der Waals surface area contributed by atoms with Crippen molar-refractivity contribution >= 4 is 11.5 Å². The molecule has 1 aliphatic heterocycles. The monoisotopic (exact) mass is 233 g/mol. The zero-order valence-electron chi connectivity index (χ0n) is 10.2. The number of carbonyl (C=O) groups is 1. The molecule has 1 aliphatic rings. The molecule has 0 radical (unpaired) electrons. The molecule has 0 atom stereocenters. The molecule has 0 spiro atoms. The molecule has 0 amide bonds. The first-order valence-corrected chi connectivity index (χ1v) is 5.98. The predicted octanol–water partition coefficient (Wildman–Crippen LogP) is 0.580. The lowest BCUT2D eigenvalue weighted by atomic mass is 10.1. The molecule has 2 N–H and O–H groups in total. The Morgan fingerprint density at radius 2 is 1.88 bits per heavy atom. The van der Waals surface area contributed by atoms with Crippen LogP contribution in [0.1, 0.15) is 10.4 Å². The Hall–Kier alpha value is -1.39. The first-order chi connectivity index (χ1) is 8.22. The third-order valence-electron chi connectivity index (χ3n) is 3.23. The third-order valence-corrected chi connectivity index (χ3v) is 3.23. The van der Waals surface area contributed by atoms with E-state index in [1.165, 1.54) is 0 Å².